The zero-order valence-corrected chi connectivity index (χ0v) is 13.6. The van der Waals surface area contributed by atoms with Crippen LogP contribution in [0.15, 0.2) is 53.0 Å². The van der Waals surface area contributed by atoms with Crippen LogP contribution in [0, 0.1) is 0 Å². The topological polar surface area (TPSA) is 53.9 Å². The summed E-state index contributed by atoms with van der Waals surface area (Å²) in [5.41, 5.74) is 3.21. The predicted molar refractivity (Wildman–Crippen MR) is 91.7 cm³/mol. The Morgan fingerprint density at radius 2 is 2.30 bits per heavy atom. The highest BCUT2D eigenvalue weighted by atomic mass is 16.1. The van der Waals surface area contributed by atoms with E-state index >= 15 is 0 Å². The maximum Gasteiger partial charge on any atom is 0.277 e. The lowest BCUT2D eigenvalue weighted by Gasteiger charge is -2.26. The normalized spacial score (nSPS) is 16.0. The third-order valence-electron chi connectivity index (χ3n) is 4.06. The summed E-state index contributed by atoms with van der Waals surface area (Å²) in [5.74, 6) is 0.641. The van der Waals surface area contributed by atoms with E-state index in [4.69, 9.17) is 0 Å². The number of rotatable bonds is 4. The fraction of sp³-hybridized carbons (Fsp3) is 0.333. The van der Waals surface area contributed by atoms with Gasteiger partial charge in [-0.05, 0) is 26.0 Å². The van der Waals surface area contributed by atoms with Gasteiger partial charge in [0.05, 0.1) is 5.56 Å². The zero-order valence-electron chi connectivity index (χ0n) is 13.6. The molecule has 0 unspecified atom stereocenters. The molecule has 3 heterocycles. The smallest absolute Gasteiger partial charge is 0.277 e. The number of pyridine rings is 1. The van der Waals surface area contributed by atoms with Gasteiger partial charge < -0.3 is 0 Å². The molecular weight excluding hydrogens is 288 g/mol. The number of aromatic amines is 1. The molecule has 1 aliphatic heterocycles. The Bertz CT molecular complexity index is 783. The standard InChI is InChI=1S/C18H22N4O/c1-3-4-7-14(2)12-21-11-9-16-15(13-21)18(23)22(20-16)17-8-5-6-10-19-17/h3-8,10,20H,9,11-13H2,1-2H3/b4-3-,14-7+. The molecule has 0 bridgehead atoms. The SMILES string of the molecule is C/C=C\C=C(/C)CN1CCc2[nH]n(-c3ccccn3)c(=O)c2C1. The van der Waals surface area contributed by atoms with Crippen molar-refractivity contribution in [2.24, 2.45) is 0 Å². The fourth-order valence-electron chi connectivity index (χ4n) is 2.91. The molecule has 0 amide bonds. The number of aromatic nitrogens is 3. The van der Waals surface area contributed by atoms with Crippen LogP contribution in [0.1, 0.15) is 25.1 Å². The van der Waals surface area contributed by atoms with Crippen molar-refractivity contribution < 1.29 is 0 Å². The first-order chi connectivity index (χ1) is 11.2. The molecule has 0 aromatic carbocycles. The van der Waals surface area contributed by atoms with Crippen molar-refractivity contribution in [2.75, 3.05) is 13.1 Å². The molecular formula is C18H22N4O. The molecule has 0 spiro atoms. The Hall–Kier alpha value is -2.40. The largest absolute Gasteiger partial charge is 0.294 e. The van der Waals surface area contributed by atoms with Crippen molar-refractivity contribution in [1.82, 2.24) is 19.7 Å². The molecule has 0 fully saturated rings. The quantitative estimate of drug-likeness (QED) is 0.883. The Morgan fingerprint density at radius 1 is 1.43 bits per heavy atom. The minimum absolute atomic E-state index is 0.0125. The van der Waals surface area contributed by atoms with Crippen molar-refractivity contribution in [3.05, 3.63) is 69.8 Å². The lowest BCUT2D eigenvalue weighted by atomic mass is 10.1. The highest BCUT2D eigenvalue weighted by Crippen LogP contribution is 2.16. The van der Waals surface area contributed by atoms with Gasteiger partial charge in [0.25, 0.3) is 5.56 Å². The van der Waals surface area contributed by atoms with Crippen molar-refractivity contribution in [2.45, 2.75) is 26.8 Å². The number of nitrogens with one attached hydrogen (secondary N) is 1. The third kappa shape index (κ3) is 3.35. The highest BCUT2D eigenvalue weighted by molar-refractivity contribution is 5.28. The van der Waals surface area contributed by atoms with Gasteiger partial charge in [-0.2, -0.15) is 0 Å². The number of allylic oxidation sites excluding steroid dienone is 3. The average molecular weight is 310 g/mol. The molecule has 0 radical (unpaired) electrons. The van der Waals surface area contributed by atoms with Gasteiger partial charge in [-0.15, -0.1) is 0 Å². The molecule has 2 aromatic rings. The first-order valence-electron chi connectivity index (χ1n) is 7.94. The Morgan fingerprint density at radius 3 is 3.04 bits per heavy atom. The summed E-state index contributed by atoms with van der Waals surface area (Å²) in [6, 6.07) is 5.57. The van der Waals surface area contributed by atoms with Crippen LogP contribution in [0.2, 0.25) is 0 Å². The maximum absolute atomic E-state index is 12.7. The van der Waals surface area contributed by atoms with E-state index in [1.807, 2.05) is 31.2 Å². The average Bonchev–Trinajstić information content (AvgIpc) is 2.90. The van der Waals surface area contributed by atoms with E-state index in [-0.39, 0.29) is 5.56 Å². The number of H-pyrrole nitrogens is 1. The van der Waals surface area contributed by atoms with Crippen LogP contribution in [0.4, 0.5) is 0 Å². The molecule has 5 heteroatoms. The van der Waals surface area contributed by atoms with E-state index in [9.17, 15) is 4.79 Å². The van der Waals surface area contributed by atoms with E-state index < -0.39 is 0 Å². The molecule has 0 aliphatic carbocycles. The molecule has 1 aliphatic rings. The second-order valence-electron chi connectivity index (χ2n) is 5.90. The highest BCUT2D eigenvalue weighted by Gasteiger charge is 2.23. The van der Waals surface area contributed by atoms with Crippen molar-refractivity contribution in [3.63, 3.8) is 0 Å². The summed E-state index contributed by atoms with van der Waals surface area (Å²) in [6.07, 6.45) is 8.76. The summed E-state index contributed by atoms with van der Waals surface area (Å²) in [4.78, 5) is 19.2. The van der Waals surface area contributed by atoms with Crippen LogP contribution in [0.5, 0.6) is 0 Å². The Labute approximate surface area is 136 Å². The van der Waals surface area contributed by atoms with Gasteiger partial charge in [0.1, 0.15) is 0 Å². The van der Waals surface area contributed by atoms with Crippen molar-refractivity contribution in [3.8, 4) is 5.82 Å². The summed E-state index contributed by atoms with van der Waals surface area (Å²) in [6.45, 7) is 6.66. The maximum atomic E-state index is 12.7. The van der Waals surface area contributed by atoms with Crippen LogP contribution < -0.4 is 5.56 Å². The van der Waals surface area contributed by atoms with Gasteiger partial charge in [-0.1, -0.05) is 29.9 Å². The lowest BCUT2D eigenvalue weighted by molar-refractivity contribution is 0.274. The number of fused-ring (bicyclic) bond motifs is 1. The second-order valence-corrected chi connectivity index (χ2v) is 5.90. The van der Waals surface area contributed by atoms with Gasteiger partial charge in [0.2, 0.25) is 0 Å². The molecule has 5 nitrogen and oxygen atoms in total. The molecule has 120 valence electrons. The van der Waals surface area contributed by atoms with Crippen LogP contribution in [0.3, 0.4) is 0 Å². The minimum atomic E-state index is 0.0125. The first-order valence-corrected chi connectivity index (χ1v) is 7.94. The van der Waals surface area contributed by atoms with Gasteiger partial charge in [-0.3, -0.25) is 14.8 Å². The molecule has 3 rings (SSSR count). The summed E-state index contributed by atoms with van der Waals surface area (Å²) >= 11 is 0. The van der Waals surface area contributed by atoms with E-state index in [0.29, 0.717) is 12.4 Å². The molecule has 1 N–H and O–H groups in total. The molecule has 23 heavy (non-hydrogen) atoms. The summed E-state index contributed by atoms with van der Waals surface area (Å²) < 4.78 is 1.55. The van der Waals surface area contributed by atoms with E-state index in [0.717, 1.165) is 30.8 Å². The van der Waals surface area contributed by atoms with Gasteiger partial charge >= 0.3 is 0 Å². The monoisotopic (exact) mass is 310 g/mol. The Kier molecular flexibility index (Phi) is 4.57. The van der Waals surface area contributed by atoms with Crippen LogP contribution in [-0.2, 0) is 13.0 Å². The van der Waals surface area contributed by atoms with Crippen LogP contribution in [0.25, 0.3) is 5.82 Å². The van der Waals surface area contributed by atoms with E-state index in [1.165, 1.54) is 5.57 Å². The molecule has 0 saturated carbocycles. The summed E-state index contributed by atoms with van der Waals surface area (Å²) in [5, 5.41) is 3.22. The molecule has 0 atom stereocenters. The third-order valence-corrected chi connectivity index (χ3v) is 4.06. The van der Waals surface area contributed by atoms with Gasteiger partial charge in [0, 0.05) is 37.9 Å². The van der Waals surface area contributed by atoms with Gasteiger partial charge in [0.15, 0.2) is 5.82 Å². The van der Waals surface area contributed by atoms with Crippen LogP contribution in [-0.4, -0.2) is 32.8 Å². The molecule has 0 saturated heterocycles. The van der Waals surface area contributed by atoms with Crippen LogP contribution >= 0.6 is 0 Å². The van der Waals surface area contributed by atoms with E-state index in [2.05, 4.69) is 34.1 Å². The Balaban J connectivity index is 1.82. The number of hydrogen-bond donors (Lipinski definition) is 1. The number of nitrogens with zero attached hydrogens (tertiary/aromatic N) is 3. The first kappa shape index (κ1) is 15.5. The fourth-order valence-corrected chi connectivity index (χ4v) is 2.91. The zero-order chi connectivity index (χ0) is 16.2. The summed E-state index contributed by atoms with van der Waals surface area (Å²) in [7, 11) is 0. The number of hydrogen-bond acceptors (Lipinski definition) is 3. The van der Waals surface area contributed by atoms with Gasteiger partial charge in [-0.25, -0.2) is 9.67 Å². The van der Waals surface area contributed by atoms with E-state index in [1.54, 1.807) is 10.9 Å². The predicted octanol–water partition coefficient (Wildman–Crippen LogP) is 2.44. The second kappa shape index (κ2) is 6.79. The molecule has 2 aromatic heterocycles. The van der Waals surface area contributed by atoms with Crippen molar-refractivity contribution in [1.29, 1.82) is 0 Å². The van der Waals surface area contributed by atoms with Crippen molar-refractivity contribution >= 4 is 0 Å². The minimum Gasteiger partial charge on any atom is -0.294 e. The lowest BCUT2D eigenvalue weighted by Crippen LogP contribution is -2.34.